The molecule has 4 heteroatoms. The molecule has 0 amide bonds. The molecule has 12 aromatic rings. The van der Waals surface area contributed by atoms with Crippen molar-refractivity contribution in [3.63, 3.8) is 0 Å². The highest BCUT2D eigenvalue weighted by molar-refractivity contribution is 6.13. The molecule has 0 aliphatic carbocycles. The van der Waals surface area contributed by atoms with E-state index in [4.69, 9.17) is 4.98 Å². The summed E-state index contributed by atoms with van der Waals surface area (Å²) >= 11 is 0. The Balaban J connectivity index is 1.16. The average molecular weight is 871 g/mol. The Bertz CT molecular complexity index is 3820. The van der Waals surface area contributed by atoms with Crippen molar-refractivity contribution < 1.29 is 0 Å². The van der Waals surface area contributed by atoms with Gasteiger partial charge in [0, 0.05) is 27.1 Å². The van der Waals surface area contributed by atoms with Crippen LogP contribution in [0.3, 0.4) is 0 Å². The van der Waals surface area contributed by atoms with Gasteiger partial charge in [-0.2, -0.15) is 5.26 Å². The molecule has 0 spiro atoms. The molecule has 0 N–H and O–H groups in total. The number of hydrogen-bond donors (Lipinski definition) is 0. The molecule has 0 atom stereocenters. The van der Waals surface area contributed by atoms with Crippen LogP contribution < -0.4 is 0 Å². The summed E-state index contributed by atoms with van der Waals surface area (Å²) in [7, 11) is 0. The Labute approximate surface area is 396 Å². The van der Waals surface area contributed by atoms with E-state index >= 15 is 0 Å². The van der Waals surface area contributed by atoms with Gasteiger partial charge in [0.05, 0.1) is 45.6 Å². The molecule has 0 radical (unpaired) electrons. The lowest BCUT2D eigenvalue weighted by Crippen LogP contribution is -2.03. The molecule has 4 nitrogen and oxygen atoms in total. The lowest BCUT2D eigenvalue weighted by molar-refractivity contribution is 1.06. The predicted octanol–water partition coefficient (Wildman–Crippen LogP) is 16.7. The highest BCUT2D eigenvalue weighted by Gasteiger charge is 2.22. The van der Waals surface area contributed by atoms with E-state index in [1.165, 1.54) is 44.5 Å². The van der Waals surface area contributed by atoms with Crippen LogP contribution in [0.25, 0.3) is 111 Å². The van der Waals surface area contributed by atoms with E-state index in [9.17, 15) is 5.26 Å². The molecule has 0 unspecified atom stereocenters. The molecule has 322 valence electrons. The zero-order valence-corrected chi connectivity index (χ0v) is 38.4. The second kappa shape index (κ2) is 16.3. The largest absolute Gasteiger partial charge is 0.307 e. The van der Waals surface area contributed by atoms with E-state index in [2.05, 4.69) is 237 Å². The van der Waals surface area contributed by atoms with Crippen molar-refractivity contribution in [1.82, 2.24) is 14.1 Å². The third-order valence-electron chi connectivity index (χ3n) is 13.6. The van der Waals surface area contributed by atoms with E-state index in [1.54, 1.807) is 0 Å². The number of hydrogen-bond acceptors (Lipinski definition) is 2. The van der Waals surface area contributed by atoms with E-state index < -0.39 is 0 Å². The summed E-state index contributed by atoms with van der Waals surface area (Å²) in [6.45, 7) is 8.58. The van der Waals surface area contributed by atoms with Crippen LogP contribution in [0, 0.1) is 39.0 Å². The predicted molar refractivity (Wildman–Crippen MR) is 284 cm³/mol. The zero-order chi connectivity index (χ0) is 46.0. The van der Waals surface area contributed by atoms with Crippen molar-refractivity contribution in [1.29, 1.82) is 5.26 Å². The lowest BCUT2D eigenvalue weighted by atomic mass is 10.0. The normalized spacial score (nSPS) is 11.5. The molecule has 68 heavy (non-hydrogen) atoms. The van der Waals surface area contributed by atoms with Crippen LogP contribution in [0.2, 0.25) is 0 Å². The summed E-state index contributed by atoms with van der Waals surface area (Å²) in [5.41, 5.74) is 22.0. The summed E-state index contributed by atoms with van der Waals surface area (Å²) in [4.78, 5) is 5.52. The summed E-state index contributed by atoms with van der Waals surface area (Å²) in [6, 6.07) is 74.8. The molecular formula is C64H46N4. The molecule has 3 heterocycles. The number of aryl methyl sites for hydroxylation is 4. The van der Waals surface area contributed by atoms with Gasteiger partial charge in [0.1, 0.15) is 5.82 Å². The molecule has 3 aromatic heterocycles. The van der Waals surface area contributed by atoms with E-state index in [0.29, 0.717) is 5.56 Å². The van der Waals surface area contributed by atoms with Crippen molar-refractivity contribution in [2.75, 3.05) is 0 Å². The molecule has 0 aliphatic rings. The van der Waals surface area contributed by atoms with Gasteiger partial charge in [-0.1, -0.05) is 180 Å². The highest BCUT2D eigenvalue weighted by atomic mass is 15.1. The van der Waals surface area contributed by atoms with Crippen LogP contribution in [0.5, 0.6) is 0 Å². The van der Waals surface area contributed by atoms with Crippen LogP contribution in [-0.2, 0) is 0 Å². The van der Waals surface area contributed by atoms with E-state index in [1.807, 2.05) is 12.1 Å². The van der Waals surface area contributed by atoms with Crippen LogP contribution in [0.15, 0.2) is 206 Å². The van der Waals surface area contributed by atoms with Gasteiger partial charge in [0.15, 0.2) is 0 Å². The number of aromatic nitrogens is 3. The molecule has 0 saturated carbocycles. The Kier molecular flexibility index (Phi) is 9.74. The second-order valence-corrected chi connectivity index (χ2v) is 18.3. The fourth-order valence-corrected chi connectivity index (χ4v) is 10.3. The smallest absolute Gasteiger partial charge is 0.138 e. The van der Waals surface area contributed by atoms with Gasteiger partial charge in [0.2, 0.25) is 0 Å². The van der Waals surface area contributed by atoms with Crippen LogP contribution in [-0.4, -0.2) is 14.1 Å². The Morgan fingerprint density at radius 1 is 0.353 bits per heavy atom. The summed E-state index contributed by atoms with van der Waals surface area (Å²) in [6.07, 6.45) is 2.06. The van der Waals surface area contributed by atoms with Crippen LogP contribution >= 0.6 is 0 Å². The first-order chi connectivity index (χ1) is 33.3. The van der Waals surface area contributed by atoms with Gasteiger partial charge in [-0.25, -0.2) is 4.98 Å². The SMILES string of the molecule is Cc1cccc(-c2ccc3c4ccc(-c5cccc(C)c5)cc4n(-c4cc(-c5ccc(C#N)cc5)c(-n5c6cc(-c7cccc(C)c7)ccc6c6ccc(-c7cccc(C)c7)cc65)cn4)c3c2)c1. The number of nitriles is 1. The summed E-state index contributed by atoms with van der Waals surface area (Å²) in [5, 5.41) is 14.6. The minimum atomic E-state index is 0.613. The standard InChI is InChI=1S/C64H46N4/c1-40-9-5-13-46(29-40)50-21-25-54-55-26-22-51(47-14-6-10-41(2)30-47)34-60(55)67(59(54)33-50)63-39-66-64(37-58(63)45-19-17-44(38-65)18-20-45)68-61-35-52(48-15-7-11-42(3)31-48)23-27-56(61)57-28-24-53(36-62(57)68)49-16-8-12-43(4)32-49/h5-37,39H,1-4H3. The van der Waals surface area contributed by atoms with Gasteiger partial charge >= 0.3 is 0 Å². The Morgan fingerprint density at radius 2 is 0.691 bits per heavy atom. The Hall–Kier alpha value is -8.78. The molecule has 0 aliphatic heterocycles. The third-order valence-corrected chi connectivity index (χ3v) is 13.6. The monoisotopic (exact) mass is 870 g/mol. The molecule has 0 fully saturated rings. The van der Waals surface area contributed by atoms with Crippen molar-refractivity contribution >= 4 is 43.6 Å². The maximum Gasteiger partial charge on any atom is 0.138 e. The Morgan fingerprint density at radius 3 is 1.04 bits per heavy atom. The van der Waals surface area contributed by atoms with Crippen molar-refractivity contribution in [2.45, 2.75) is 27.7 Å². The topological polar surface area (TPSA) is 46.5 Å². The molecular weight excluding hydrogens is 825 g/mol. The molecule has 0 bridgehead atoms. The number of pyridine rings is 1. The number of fused-ring (bicyclic) bond motifs is 6. The molecule has 9 aromatic carbocycles. The molecule has 0 saturated heterocycles. The number of rotatable bonds is 7. The summed E-state index contributed by atoms with van der Waals surface area (Å²) in [5.74, 6) is 0.803. The van der Waals surface area contributed by atoms with Gasteiger partial charge in [0.25, 0.3) is 0 Å². The van der Waals surface area contributed by atoms with Crippen molar-refractivity contribution in [3.8, 4) is 73.2 Å². The number of benzene rings is 9. The van der Waals surface area contributed by atoms with E-state index in [0.717, 1.165) is 88.5 Å². The minimum absolute atomic E-state index is 0.613. The maximum absolute atomic E-state index is 9.96. The first-order valence-electron chi connectivity index (χ1n) is 23.2. The zero-order valence-electron chi connectivity index (χ0n) is 38.4. The van der Waals surface area contributed by atoms with Crippen LogP contribution in [0.1, 0.15) is 27.8 Å². The van der Waals surface area contributed by atoms with Gasteiger partial charge in [-0.15, -0.1) is 0 Å². The second-order valence-electron chi connectivity index (χ2n) is 18.3. The third kappa shape index (κ3) is 7.05. The van der Waals surface area contributed by atoms with Crippen molar-refractivity contribution in [3.05, 3.63) is 234 Å². The van der Waals surface area contributed by atoms with Gasteiger partial charge < -0.3 is 4.57 Å². The fourth-order valence-electron chi connectivity index (χ4n) is 10.3. The minimum Gasteiger partial charge on any atom is -0.307 e. The fraction of sp³-hybridized carbons (Fsp3) is 0.0625. The quantitative estimate of drug-likeness (QED) is 0.160. The number of nitrogens with zero attached hydrogens (tertiary/aromatic N) is 4. The maximum atomic E-state index is 9.96. The molecule has 12 rings (SSSR count). The van der Waals surface area contributed by atoms with Gasteiger partial charge in [-0.05, 0) is 120 Å². The first-order valence-corrected chi connectivity index (χ1v) is 23.2. The highest BCUT2D eigenvalue weighted by Crippen LogP contribution is 2.42. The lowest BCUT2D eigenvalue weighted by Gasteiger charge is -2.17. The summed E-state index contributed by atoms with van der Waals surface area (Å²) < 4.78 is 4.75. The van der Waals surface area contributed by atoms with E-state index in [-0.39, 0.29) is 0 Å². The van der Waals surface area contributed by atoms with Crippen LogP contribution in [0.4, 0.5) is 0 Å². The first kappa shape index (κ1) is 40.7. The van der Waals surface area contributed by atoms with Gasteiger partial charge in [-0.3, -0.25) is 4.57 Å². The average Bonchev–Trinajstić information content (AvgIpc) is 3.87. The van der Waals surface area contributed by atoms with Crippen molar-refractivity contribution in [2.24, 2.45) is 0 Å².